The maximum Gasteiger partial charge on any atom is 0.274 e. The zero-order chi connectivity index (χ0) is 15.5. The van der Waals surface area contributed by atoms with Crippen LogP contribution < -0.4 is 0 Å². The van der Waals surface area contributed by atoms with E-state index in [1.165, 1.54) is 18.6 Å². The second kappa shape index (κ2) is 6.20. The largest absolute Gasteiger partial charge is 0.327 e. The number of nitrogens with zero attached hydrogens (tertiary/aromatic N) is 5. The molecule has 0 aromatic carbocycles. The molecular formula is C13H16F2N6O. The van der Waals surface area contributed by atoms with Crippen LogP contribution in [0.15, 0.2) is 18.6 Å². The molecule has 1 N–H and O–H groups in total. The van der Waals surface area contributed by atoms with Gasteiger partial charge in [0, 0.05) is 12.7 Å². The summed E-state index contributed by atoms with van der Waals surface area (Å²) in [7, 11) is 0. The molecule has 1 unspecified atom stereocenters. The first-order chi connectivity index (χ1) is 10.6. The second-order valence-electron chi connectivity index (χ2n) is 5.19. The normalized spacial score (nSPS) is 18.9. The maximum absolute atomic E-state index is 12.6. The number of hydrogen-bond donors (Lipinski definition) is 1. The molecule has 1 aliphatic heterocycles. The molecule has 1 atom stereocenters. The standard InChI is InChI=1S/C13H16F2N6O/c14-11(15)7-20-6-4-9(19-20)13(22)21-5-2-1-3-10(21)12-16-8-17-18-12/h4,6,8,10-11H,1-3,5,7H2,(H,16,17,18). The van der Waals surface area contributed by atoms with Gasteiger partial charge in [-0.05, 0) is 25.3 Å². The number of nitrogens with one attached hydrogen (secondary N) is 1. The molecule has 0 saturated carbocycles. The molecule has 1 amide bonds. The smallest absolute Gasteiger partial charge is 0.274 e. The van der Waals surface area contributed by atoms with Crippen LogP contribution in [0.2, 0.25) is 0 Å². The third-order valence-electron chi connectivity index (χ3n) is 3.70. The summed E-state index contributed by atoms with van der Waals surface area (Å²) in [6, 6.07) is 1.29. The number of H-pyrrole nitrogens is 1. The zero-order valence-corrected chi connectivity index (χ0v) is 11.8. The highest BCUT2D eigenvalue weighted by Gasteiger charge is 2.31. The molecule has 1 saturated heterocycles. The lowest BCUT2D eigenvalue weighted by atomic mass is 10.0. The Kier molecular flexibility index (Phi) is 4.12. The number of hydrogen-bond acceptors (Lipinski definition) is 4. The third kappa shape index (κ3) is 2.97. The lowest BCUT2D eigenvalue weighted by Crippen LogP contribution is -2.39. The minimum Gasteiger partial charge on any atom is -0.327 e. The highest BCUT2D eigenvalue weighted by Crippen LogP contribution is 2.29. The predicted octanol–water partition coefficient (Wildman–Crippen LogP) is 1.63. The summed E-state index contributed by atoms with van der Waals surface area (Å²) in [5.41, 5.74) is 0.173. The molecule has 2 aromatic rings. The summed E-state index contributed by atoms with van der Waals surface area (Å²) in [6.45, 7) is 0.0741. The summed E-state index contributed by atoms with van der Waals surface area (Å²) in [6.07, 6.45) is 2.98. The monoisotopic (exact) mass is 310 g/mol. The van der Waals surface area contributed by atoms with Crippen molar-refractivity contribution in [3.8, 4) is 0 Å². The Morgan fingerprint density at radius 3 is 3.05 bits per heavy atom. The Labute approximate surface area is 125 Å². The van der Waals surface area contributed by atoms with Crippen LogP contribution in [0.25, 0.3) is 0 Å². The molecule has 118 valence electrons. The first-order valence-corrected chi connectivity index (χ1v) is 7.13. The van der Waals surface area contributed by atoms with Crippen molar-refractivity contribution in [2.75, 3.05) is 6.54 Å². The highest BCUT2D eigenvalue weighted by atomic mass is 19.3. The van der Waals surface area contributed by atoms with E-state index in [4.69, 9.17) is 0 Å². The van der Waals surface area contributed by atoms with E-state index in [0.29, 0.717) is 12.4 Å². The fraction of sp³-hybridized carbons (Fsp3) is 0.538. The summed E-state index contributed by atoms with van der Waals surface area (Å²) in [5, 5.41) is 10.6. The van der Waals surface area contributed by atoms with Gasteiger partial charge in [0.25, 0.3) is 12.3 Å². The number of piperidine rings is 1. The number of halogens is 2. The van der Waals surface area contributed by atoms with Gasteiger partial charge in [0.2, 0.25) is 0 Å². The molecule has 1 aliphatic rings. The molecule has 0 aliphatic carbocycles. The fourth-order valence-corrected chi connectivity index (χ4v) is 2.70. The van der Waals surface area contributed by atoms with Gasteiger partial charge < -0.3 is 4.90 Å². The van der Waals surface area contributed by atoms with Crippen molar-refractivity contribution >= 4 is 5.91 Å². The summed E-state index contributed by atoms with van der Waals surface area (Å²) in [4.78, 5) is 18.4. The van der Waals surface area contributed by atoms with E-state index in [-0.39, 0.29) is 17.6 Å². The zero-order valence-electron chi connectivity index (χ0n) is 11.8. The molecule has 0 bridgehead atoms. The summed E-state index contributed by atoms with van der Waals surface area (Å²) in [5.74, 6) is 0.370. The molecule has 1 fully saturated rings. The van der Waals surface area contributed by atoms with E-state index in [9.17, 15) is 13.6 Å². The van der Waals surface area contributed by atoms with E-state index < -0.39 is 13.0 Å². The van der Waals surface area contributed by atoms with E-state index >= 15 is 0 Å². The molecule has 3 heterocycles. The van der Waals surface area contributed by atoms with Crippen molar-refractivity contribution < 1.29 is 13.6 Å². The SMILES string of the molecule is O=C(c1ccn(CC(F)F)n1)N1CCCCC1c1ncn[nH]1. The van der Waals surface area contributed by atoms with Gasteiger partial charge in [-0.1, -0.05) is 0 Å². The van der Waals surface area contributed by atoms with Gasteiger partial charge in [0.15, 0.2) is 0 Å². The van der Waals surface area contributed by atoms with Crippen LogP contribution in [0.4, 0.5) is 8.78 Å². The third-order valence-corrected chi connectivity index (χ3v) is 3.70. The lowest BCUT2D eigenvalue weighted by molar-refractivity contribution is 0.0591. The molecule has 0 spiro atoms. The van der Waals surface area contributed by atoms with Crippen molar-refractivity contribution in [2.24, 2.45) is 0 Å². The molecule has 3 rings (SSSR count). The molecule has 22 heavy (non-hydrogen) atoms. The number of carbonyl (C=O) groups is 1. The van der Waals surface area contributed by atoms with Crippen LogP contribution in [-0.2, 0) is 6.54 Å². The average molecular weight is 310 g/mol. The minimum atomic E-state index is -2.50. The van der Waals surface area contributed by atoms with Gasteiger partial charge in [-0.3, -0.25) is 14.6 Å². The Balaban J connectivity index is 1.78. The van der Waals surface area contributed by atoms with Crippen molar-refractivity contribution in [1.29, 1.82) is 0 Å². The van der Waals surface area contributed by atoms with Crippen LogP contribution in [0.3, 0.4) is 0 Å². The lowest BCUT2D eigenvalue weighted by Gasteiger charge is -2.33. The van der Waals surface area contributed by atoms with E-state index in [0.717, 1.165) is 23.9 Å². The number of alkyl halides is 2. The van der Waals surface area contributed by atoms with Gasteiger partial charge in [-0.2, -0.15) is 10.2 Å². The number of likely N-dealkylation sites (tertiary alicyclic amines) is 1. The number of rotatable bonds is 4. The van der Waals surface area contributed by atoms with Crippen molar-refractivity contribution in [3.05, 3.63) is 30.1 Å². The topological polar surface area (TPSA) is 79.7 Å². The predicted molar refractivity (Wildman–Crippen MR) is 72.2 cm³/mol. The quantitative estimate of drug-likeness (QED) is 0.931. The Bertz CT molecular complexity index is 626. The molecular weight excluding hydrogens is 294 g/mol. The maximum atomic E-state index is 12.6. The number of aromatic nitrogens is 5. The van der Waals surface area contributed by atoms with E-state index in [1.54, 1.807) is 4.90 Å². The van der Waals surface area contributed by atoms with Crippen LogP contribution in [0.5, 0.6) is 0 Å². The Morgan fingerprint density at radius 2 is 2.32 bits per heavy atom. The van der Waals surface area contributed by atoms with Crippen LogP contribution in [0, 0.1) is 0 Å². The van der Waals surface area contributed by atoms with Crippen LogP contribution in [-0.4, -0.2) is 48.7 Å². The number of aromatic amines is 1. The van der Waals surface area contributed by atoms with Crippen molar-refractivity contribution in [2.45, 2.75) is 38.3 Å². The van der Waals surface area contributed by atoms with E-state index in [2.05, 4.69) is 20.3 Å². The molecule has 2 aromatic heterocycles. The second-order valence-corrected chi connectivity index (χ2v) is 5.19. The average Bonchev–Trinajstić information content (AvgIpc) is 3.17. The first-order valence-electron chi connectivity index (χ1n) is 7.13. The summed E-state index contributed by atoms with van der Waals surface area (Å²) < 4.78 is 25.8. The summed E-state index contributed by atoms with van der Waals surface area (Å²) >= 11 is 0. The van der Waals surface area contributed by atoms with Gasteiger partial charge in [0.05, 0.1) is 6.04 Å². The number of amides is 1. The molecule has 7 nitrogen and oxygen atoms in total. The van der Waals surface area contributed by atoms with Crippen LogP contribution in [0.1, 0.15) is 41.6 Å². The Hall–Kier alpha value is -2.32. The van der Waals surface area contributed by atoms with Crippen molar-refractivity contribution in [3.63, 3.8) is 0 Å². The van der Waals surface area contributed by atoms with Gasteiger partial charge in [0.1, 0.15) is 24.4 Å². The van der Waals surface area contributed by atoms with Crippen LogP contribution >= 0.6 is 0 Å². The van der Waals surface area contributed by atoms with Gasteiger partial charge in [-0.25, -0.2) is 13.8 Å². The molecule has 0 radical (unpaired) electrons. The molecule has 9 heteroatoms. The Morgan fingerprint density at radius 1 is 1.45 bits per heavy atom. The minimum absolute atomic E-state index is 0.173. The first kappa shape index (κ1) is 14.6. The highest BCUT2D eigenvalue weighted by molar-refractivity contribution is 5.92. The van der Waals surface area contributed by atoms with Gasteiger partial charge >= 0.3 is 0 Å². The fourth-order valence-electron chi connectivity index (χ4n) is 2.70. The van der Waals surface area contributed by atoms with Gasteiger partial charge in [-0.15, -0.1) is 0 Å². The van der Waals surface area contributed by atoms with Crippen molar-refractivity contribution in [1.82, 2.24) is 29.9 Å². The number of carbonyl (C=O) groups excluding carboxylic acids is 1. The van der Waals surface area contributed by atoms with E-state index in [1.807, 2.05) is 0 Å².